The molecule has 0 bridgehead atoms. The fourth-order valence-corrected chi connectivity index (χ4v) is 3.71. The maximum absolute atomic E-state index is 13.3. The third-order valence-electron chi connectivity index (χ3n) is 5.18. The first-order valence-corrected chi connectivity index (χ1v) is 9.82. The first kappa shape index (κ1) is 19.8. The van der Waals surface area contributed by atoms with Crippen LogP contribution in [0.15, 0.2) is 60.7 Å². The number of fused-ring (bicyclic) bond motifs is 1. The summed E-state index contributed by atoms with van der Waals surface area (Å²) in [7, 11) is 1.90. The molecule has 6 nitrogen and oxygen atoms in total. The third-order valence-corrected chi connectivity index (χ3v) is 5.18. The van der Waals surface area contributed by atoms with Crippen LogP contribution in [0.2, 0.25) is 0 Å². The second-order valence-corrected chi connectivity index (χ2v) is 7.41. The van der Waals surface area contributed by atoms with Crippen molar-refractivity contribution in [2.24, 2.45) is 0 Å². The average Bonchev–Trinajstić information content (AvgIpc) is 3.16. The summed E-state index contributed by atoms with van der Waals surface area (Å²) in [5.41, 5.74) is 4.33. The van der Waals surface area contributed by atoms with Crippen molar-refractivity contribution in [1.29, 1.82) is 0 Å². The van der Waals surface area contributed by atoms with Crippen LogP contribution in [0.25, 0.3) is 0 Å². The number of benzene rings is 3. The molecule has 0 unspecified atom stereocenters. The summed E-state index contributed by atoms with van der Waals surface area (Å²) < 4.78 is 5.82. The number of aromatic hydroxyl groups is 2. The van der Waals surface area contributed by atoms with Gasteiger partial charge in [0.2, 0.25) is 0 Å². The van der Waals surface area contributed by atoms with E-state index in [1.807, 2.05) is 43.4 Å². The van der Waals surface area contributed by atoms with Gasteiger partial charge >= 0.3 is 0 Å². The predicted molar refractivity (Wildman–Crippen MR) is 113 cm³/mol. The van der Waals surface area contributed by atoms with Gasteiger partial charge in [-0.05, 0) is 29.3 Å². The molecule has 3 N–H and O–H groups in total. The van der Waals surface area contributed by atoms with E-state index >= 15 is 0 Å². The number of nitrogens with zero attached hydrogens (tertiary/aromatic N) is 1. The van der Waals surface area contributed by atoms with Crippen LogP contribution in [0, 0.1) is 0 Å². The molecule has 0 radical (unpaired) electrons. The monoisotopic (exact) mass is 404 g/mol. The number of nitrogens with one attached hydrogen (secondary N) is 1. The minimum absolute atomic E-state index is 0.0620. The highest BCUT2D eigenvalue weighted by Crippen LogP contribution is 2.36. The molecule has 0 spiro atoms. The van der Waals surface area contributed by atoms with E-state index in [0.717, 1.165) is 34.9 Å². The number of phenols is 2. The van der Waals surface area contributed by atoms with Gasteiger partial charge in [0.1, 0.15) is 29.4 Å². The van der Waals surface area contributed by atoms with Crippen molar-refractivity contribution in [3.05, 3.63) is 88.5 Å². The van der Waals surface area contributed by atoms with Crippen molar-refractivity contribution in [1.82, 2.24) is 10.2 Å². The molecule has 154 valence electrons. The van der Waals surface area contributed by atoms with E-state index in [1.54, 1.807) is 4.90 Å². The number of carbonyl (C=O) groups is 1. The van der Waals surface area contributed by atoms with E-state index < -0.39 is 0 Å². The summed E-state index contributed by atoms with van der Waals surface area (Å²) in [5.74, 6) is -0.626. The van der Waals surface area contributed by atoms with Crippen molar-refractivity contribution in [3.63, 3.8) is 0 Å². The highest BCUT2D eigenvalue weighted by Gasteiger charge is 2.29. The molecule has 1 aliphatic heterocycles. The standard InChI is InChI=1S/C24H24N2O4/c1-25-12-17-7-8-18-13-26(14-19(18)9-17)24(29)23-21(28)10-20(27)11-22(23)30-15-16-5-3-2-4-6-16/h2-11,25,27-28H,12-15H2,1H3. The Bertz CT molecular complexity index is 1070. The second kappa shape index (κ2) is 8.47. The fourth-order valence-electron chi connectivity index (χ4n) is 3.71. The molecule has 6 heteroatoms. The molecular weight excluding hydrogens is 380 g/mol. The van der Waals surface area contributed by atoms with Gasteiger partial charge in [0.25, 0.3) is 5.91 Å². The van der Waals surface area contributed by atoms with Crippen LogP contribution in [0.1, 0.15) is 32.6 Å². The lowest BCUT2D eigenvalue weighted by atomic mass is 10.1. The van der Waals surface area contributed by atoms with E-state index in [9.17, 15) is 15.0 Å². The minimum Gasteiger partial charge on any atom is -0.508 e. The lowest BCUT2D eigenvalue weighted by Crippen LogP contribution is -2.26. The molecule has 1 amide bonds. The Morgan fingerprint density at radius 3 is 2.53 bits per heavy atom. The highest BCUT2D eigenvalue weighted by molar-refractivity contribution is 6.00. The number of phenolic OH excluding ortho intramolecular Hbond substituents is 2. The Labute approximate surface area is 175 Å². The summed E-state index contributed by atoms with van der Waals surface area (Å²) in [6.07, 6.45) is 0. The Balaban J connectivity index is 1.57. The zero-order valence-electron chi connectivity index (χ0n) is 16.8. The number of rotatable bonds is 6. The molecule has 1 aliphatic rings. The lowest BCUT2D eigenvalue weighted by molar-refractivity contribution is 0.0743. The van der Waals surface area contributed by atoms with Gasteiger partial charge in [-0.25, -0.2) is 0 Å². The third kappa shape index (κ3) is 4.09. The molecule has 0 fully saturated rings. The Morgan fingerprint density at radius 1 is 1.00 bits per heavy atom. The first-order chi connectivity index (χ1) is 14.5. The van der Waals surface area contributed by atoms with Crippen molar-refractivity contribution >= 4 is 5.91 Å². The molecule has 4 rings (SSSR count). The largest absolute Gasteiger partial charge is 0.508 e. The number of hydrogen-bond acceptors (Lipinski definition) is 5. The van der Waals surface area contributed by atoms with E-state index in [4.69, 9.17) is 4.74 Å². The highest BCUT2D eigenvalue weighted by atomic mass is 16.5. The van der Waals surface area contributed by atoms with E-state index in [-0.39, 0.29) is 35.3 Å². The number of amides is 1. The maximum atomic E-state index is 13.3. The first-order valence-electron chi connectivity index (χ1n) is 9.82. The average molecular weight is 404 g/mol. The molecule has 0 atom stereocenters. The van der Waals surface area contributed by atoms with Gasteiger partial charge in [-0.1, -0.05) is 48.5 Å². The van der Waals surface area contributed by atoms with Crippen molar-refractivity contribution < 1.29 is 19.7 Å². The summed E-state index contributed by atoms with van der Waals surface area (Å²) in [6.45, 7) is 1.91. The number of hydrogen-bond donors (Lipinski definition) is 3. The van der Waals surface area contributed by atoms with Gasteiger partial charge in [-0.15, -0.1) is 0 Å². The summed E-state index contributed by atoms with van der Waals surface area (Å²) in [5, 5.41) is 23.5. The molecule has 0 saturated heterocycles. The molecule has 0 saturated carbocycles. The second-order valence-electron chi connectivity index (χ2n) is 7.41. The van der Waals surface area contributed by atoms with Gasteiger partial charge in [0.15, 0.2) is 0 Å². The quantitative estimate of drug-likeness (QED) is 0.585. The van der Waals surface area contributed by atoms with Crippen LogP contribution >= 0.6 is 0 Å². The van der Waals surface area contributed by atoms with Gasteiger partial charge in [-0.3, -0.25) is 4.79 Å². The fraction of sp³-hybridized carbons (Fsp3) is 0.208. The zero-order valence-corrected chi connectivity index (χ0v) is 16.8. The van der Waals surface area contributed by atoms with Crippen molar-refractivity contribution in [2.45, 2.75) is 26.2 Å². The predicted octanol–water partition coefficient (Wildman–Crippen LogP) is 3.55. The minimum atomic E-state index is -0.332. The Hall–Kier alpha value is -3.51. The van der Waals surface area contributed by atoms with Crippen LogP contribution in [0.4, 0.5) is 0 Å². The normalized spacial score (nSPS) is 12.6. The molecule has 3 aromatic carbocycles. The zero-order chi connectivity index (χ0) is 21.1. The molecule has 1 heterocycles. The molecule has 0 aliphatic carbocycles. The van der Waals surface area contributed by atoms with Crippen LogP contribution in [0.3, 0.4) is 0 Å². The molecule has 3 aromatic rings. The Kier molecular flexibility index (Phi) is 5.59. The number of ether oxygens (including phenoxy) is 1. The topological polar surface area (TPSA) is 82.0 Å². The van der Waals surface area contributed by atoms with Crippen LogP contribution in [0.5, 0.6) is 17.2 Å². The van der Waals surface area contributed by atoms with Crippen molar-refractivity contribution in [2.75, 3.05) is 7.05 Å². The summed E-state index contributed by atoms with van der Waals surface area (Å²) >= 11 is 0. The molecular formula is C24H24N2O4. The van der Waals surface area contributed by atoms with E-state index in [2.05, 4.69) is 17.4 Å². The van der Waals surface area contributed by atoms with E-state index in [1.165, 1.54) is 6.07 Å². The maximum Gasteiger partial charge on any atom is 0.262 e. The van der Waals surface area contributed by atoms with Gasteiger partial charge in [0, 0.05) is 31.8 Å². The molecule has 30 heavy (non-hydrogen) atoms. The van der Waals surface area contributed by atoms with Crippen LogP contribution in [-0.2, 0) is 26.2 Å². The molecule has 0 aromatic heterocycles. The smallest absolute Gasteiger partial charge is 0.262 e. The van der Waals surface area contributed by atoms with Crippen LogP contribution < -0.4 is 10.1 Å². The summed E-state index contributed by atoms with van der Waals surface area (Å²) in [6, 6.07) is 18.2. The van der Waals surface area contributed by atoms with E-state index in [0.29, 0.717) is 13.1 Å². The van der Waals surface area contributed by atoms with Gasteiger partial charge < -0.3 is 25.2 Å². The van der Waals surface area contributed by atoms with Crippen molar-refractivity contribution in [3.8, 4) is 17.2 Å². The van der Waals surface area contributed by atoms with Gasteiger partial charge in [0.05, 0.1) is 0 Å². The van der Waals surface area contributed by atoms with Crippen LogP contribution in [-0.4, -0.2) is 28.1 Å². The number of carbonyl (C=O) groups excluding carboxylic acids is 1. The lowest BCUT2D eigenvalue weighted by Gasteiger charge is -2.19. The Morgan fingerprint density at radius 2 is 1.77 bits per heavy atom. The summed E-state index contributed by atoms with van der Waals surface area (Å²) in [4.78, 5) is 15.0. The SMILES string of the molecule is CNCc1ccc2c(c1)CN(C(=O)c1c(O)cc(O)cc1OCc1ccccc1)C2. The van der Waals surface area contributed by atoms with Gasteiger partial charge in [-0.2, -0.15) is 0 Å².